The van der Waals surface area contributed by atoms with Crippen LogP contribution in [0.1, 0.15) is 36.8 Å². The van der Waals surface area contributed by atoms with Crippen LogP contribution in [-0.4, -0.2) is 59.6 Å². The minimum absolute atomic E-state index is 0.0240. The molecule has 1 heterocycles. The average molecular weight is 446 g/mol. The first-order valence-corrected chi connectivity index (χ1v) is 11.5. The van der Waals surface area contributed by atoms with Crippen LogP contribution in [0.5, 0.6) is 5.75 Å². The molecule has 0 amide bonds. The van der Waals surface area contributed by atoms with Crippen molar-refractivity contribution >= 4 is 28.6 Å². The normalized spacial score (nSPS) is 18.4. The number of carbonyl (C=O) groups excluding carboxylic acids is 1. The number of phenols is 1. The van der Waals surface area contributed by atoms with Crippen LogP contribution in [0.4, 0.5) is 5.69 Å². The molecule has 33 heavy (non-hydrogen) atoms. The van der Waals surface area contributed by atoms with E-state index < -0.39 is 0 Å². The molecule has 0 aromatic heterocycles. The first kappa shape index (κ1) is 22.7. The second kappa shape index (κ2) is 10.0. The van der Waals surface area contributed by atoms with Gasteiger partial charge in [-0.05, 0) is 48.7 Å². The summed E-state index contributed by atoms with van der Waals surface area (Å²) in [6.07, 6.45) is 4.95. The number of nitrogens with two attached hydrogens (primary N) is 1. The maximum absolute atomic E-state index is 11.5. The van der Waals surface area contributed by atoms with Gasteiger partial charge in [0, 0.05) is 61.9 Å². The molecule has 1 aliphatic heterocycles. The van der Waals surface area contributed by atoms with Gasteiger partial charge in [-0.1, -0.05) is 24.3 Å². The maximum Gasteiger partial charge on any atom is 0.133 e. The monoisotopic (exact) mass is 445 g/mol. The molecule has 1 saturated carbocycles. The number of nitrogens with zero attached hydrogens (tertiary/aromatic N) is 2. The van der Waals surface area contributed by atoms with Crippen molar-refractivity contribution < 1.29 is 9.90 Å². The number of aromatic hydroxyl groups is 1. The number of ketones is 1. The number of nitrogens with one attached hydrogen (secondary N) is 2. The van der Waals surface area contributed by atoms with Gasteiger partial charge in [-0.15, -0.1) is 0 Å². The van der Waals surface area contributed by atoms with Gasteiger partial charge in [0.15, 0.2) is 0 Å². The number of anilines is 1. The zero-order valence-electron chi connectivity index (χ0n) is 18.8. The number of hydrogen-bond donors (Lipinski definition) is 4. The van der Waals surface area contributed by atoms with E-state index in [4.69, 9.17) is 16.6 Å². The third kappa shape index (κ3) is 5.31. The van der Waals surface area contributed by atoms with Crippen molar-refractivity contribution in [1.29, 1.82) is 10.8 Å². The van der Waals surface area contributed by atoms with E-state index in [9.17, 15) is 9.90 Å². The number of rotatable bonds is 6. The Labute approximate surface area is 194 Å². The molecule has 2 fully saturated rings. The molecule has 5 N–H and O–H groups in total. The van der Waals surface area contributed by atoms with E-state index in [2.05, 4.69) is 9.80 Å². The van der Waals surface area contributed by atoms with Crippen molar-refractivity contribution in [3.63, 3.8) is 0 Å². The lowest BCUT2D eigenvalue weighted by Crippen LogP contribution is -2.51. The molecule has 7 nitrogen and oxygen atoms in total. The van der Waals surface area contributed by atoms with Crippen LogP contribution in [0.15, 0.2) is 54.6 Å². The minimum atomic E-state index is -0.123. The zero-order chi connectivity index (χ0) is 23.4. The van der Waals surface area contributed by atoms with Crippen molar-refractivity contribution in [1.82, 2.24) is 4.90 Å². The zero-order valence-corrected chi connectivity index (χ0v) is 18.8. The Morgan fingerprint density at radius 1 is 0.970 bits per heavy atom. The van der Waals surface area contributed by atoms with Crippen LogP contribution in [0.25, 0.3) is 5.57 Å². The second-order valence-corrected chi connectivity index (χ2v) is 8.74. The summed E-state index contributed by atoms with van der Waals surface area (Å²) in [5.74, 6) is 0.304. The highest BCUT2D eigenvalue weighted by Gasteiger charge is 2.27. The Hall–Kier alpha value is -3.45. The predicted octanol–water partition coefficient (Wildman–Crippen LogP) is 3.41. The van der Waals surface area contributed by atoms with Gasteiger partial charge in [-0.25, -0.2) is 0 Å². The van der Waals surface area contributed by atoms with Crippen LogP contribution in [0.3, 0.4) is 0 Å². The number of hydrogen-bond acceptors (Lipinski definition) is 6. The smallest absolute Gasteiger partial charge is 0.133 e. The summed E-state index contributed by atoms with van der Waals surface area (Å²) in [4.78, 5) is 16.4. The lowest BCUT2D eigenvalue weighted by Gasteiger charge is -2.41. The third-order valence-corrected chi connectivity index (χ3v) is 6.66. The Balaban J connectivity index is 1.42. The van der Waals surface area contributed by atoms with Crippen molar-refractivity contribution in [2.24, 2.45) is 5.73 Å². The molecule has 172 valence electrons. The molecule has 0 spiro atoms. The summed E-state index contributed by atoms with van der Waals surface area (Å²) in [6.45, 7) is 3.88. The van der Waals surface area contributed by atoms with Crippen LogP contribution in [-0.2, 0) is 4.79 Å². The van der Waals surface area contributed by atoms with Gasteiger partial charge in [0.2, 0.25) is 0 Å². The van der Waals surface area contributed by atoms with Gasteiger partial charge >= 0.3 is 0 Å². The molecule has 0 atom stereocenters. The van der Waals surface area contributed by atoms with Crippen LogP contribution in [0.2, 0.25) is 0 Å². The summed E-state index contributed by atoms with van der Waals surface area (Å²) in [5.41, 5.74) is 8.66. The summed E-state index contributed by atoms with van der Waals surface area (Å²) in [7, 11) is 0. The highest BCUT2D eigenvalue weighted by atomic mass is 16.3. The fourth-order valence-electron chi connectivity index (χ4n) is 4.73. The number of allylic oxidation sites excluding steroid dienone is 1. The summed E-state index contributed by atoms with van der Waals surface area (Å²) < 4.78 is 0. The molecule has 7 heteroatoms. The van der Waals surface area contributed by atoms with Crippen molar-refractivity contribution in [3.8, 4) is 5.75 Å². The number of para-hydroxylation sites is 1. The van der Waals surface area contributed by atoms with Crippen LogP contribution >= 0.6 is 0 Å². The average Bonchev–Trinajstić information content (AvgIpc) is 2.83. The lowest BCUT2D eigenvalue weighted by molar-refractivity contribution is -0.121. The predicted molar refractivity (Wildman–Crippen MR) is 132 cm³/mol. The maximum atomic E-state index is 11.5. The van der Waals surface area contributed by atoms with Gasteiger partial charge in [0.25, 0.3) is 0 Å². The lowest BCUT2D eigenvalue weighted by atomic mass is 9.93. The first-order chi connectivity index (χ1) is 15.9. The Bertz CT molecular complexity index is 1060. The molecular formula is C26H31N5O2. The van der Waals surface area contributed by atoms with Crippen molar-refractivity contribution in [2.45, 2.75) is 31.7 Å². The summed E-state index contributed by atoms with van der Waals surface area (Å²) in [5, 5.41) is 26.4. The first-order valence-electron chi connectivity index (χ1n) is 11.5. The van der Waals surface area contributed by atoms with Gasteiger partial charge in [-0.2, -0.15) is 0 Å². The fourth-order valence-corrected chi connectivity index (χ4v) is 4.73. The summed E-state index contributed by atoms with van der Waals surface area (Å²) >= 11 is 0. The molecular weight excluding hydrogens is 414 g/mol. The molecule has 1 aliphatic carbocycles. The third-order valence-electron chi connectivity index (χ3n) is 6.66. The molecule has 2 aliphatic rings. The topological polar surface area (TPSA) is 118 Å². The number of phenolic OH excluding ortho intramolecular Hbond substituents is 1. The Morgan fingerprint density at radius 3 is 2.21 bits per heavy atom. The number of amidine groups is 1. The molecule has 1 saturated heterocycles. The largest absolute Gasteiger partial charge is 0.507 e. The molecule has 0 radical (unpaired) electrons. The number of benzene rings is 2. The molecule has 2 aromatic rings. The standard InChI is InChI=1S/C26H31N5O2/c27-24(22-3-1-2-4-25(22)33)17-23(26(28)29)18-5-7-19(8-6-18)30-13-15-31(16-14-30)20-9-11-21(32)12-10-20/h1-8,17,20,27,33H,9-16H2,(H3,28,29)/b23-17-,27-24?. The van der Waals surface area contributed by atoms with Crippen LogP contribution in [0, 0.1) is 10.8 Å². The highest BCUT2D eigenvalue weighted by Crippen LogP contribution is 2.26. The van der Waals surface area contributed by atoms with E-state index in [1.165, 1.54) is 12.1 Å². The van der Waals surface area contributed by atoms with Gasteiger partial charge in [0.1, 0.15) is 17.4 Å². The number of piperazine rings is 1. The van der Waals surface area contributed by atoms with E-state index in [1.807, 2.05) is 24.3 Å². The summed E-state index contributed by atoms with van der Waals surface area (Å²) in [6, 6.07) is 15.1. The number of carbonyl (C=O) groups is 1. The Kier molecular flexibility index (Phi) is 6.89. The van der Waals surface area contributed by atoms with Crippen LogP contribution < -0.4 is 10.6 Å². The van der Waals surface area contributed by atoms with Gasteiger partial charge < -0.3 is 21.1 Å². The van der Waals surface area contributed by atoms with E-state index in [-0.39, 0.29) is 17.3 Å². The SMILES string of the molecule is N=C(N)/C(=C\C(=N)c1ccccc1O)c1ccc(N2CCN(C3CCC(=O)CC3)CC2)cc1. The van der Waals surface area contributed by atoms with Gasteiger partial charge in [-0.3, -0.25) is 15.1 Å². The Morgan fingerprint density at radius 2 is 1.61 bits per heavy atom. The van der Waals surface area contributed by atoms with E-state index >= 15 is 0 Å². The van der Waals surface area contributed by atoms with Gasteiger partial charge in [0.05, 0.1) is 5.71 Å². The van der Waals surface area contributed by atoms with E-state index in [1.54, 1.807) is 18.2 Å². The van der Waals surface area contributed by atoms with Crippen molar-refractivity contribution in [2.75, 3.05) is 31.1 Å². The highest BCUT2D eigenvalue weighted by molar-refractivity contribution is 6.27. The molecule has 0 unspecified atom stereocenters. The second-order valence-electron chi connectivity index (χ2n) is 8.74. The molecule has 0 bridgehead atoms. The van der Waals surface area contributed by atoms with E-state index in [0.717, 1.165) is 63.1 Å². The molecule has 4 rings (SSSR count). The number of Topliss-reactive ketones (excluding diaryl/α,β-unsaturated/α-hetero) is 1. The molecule has 2 aromatic carbocycles. The van der Waals surface area contributed by atoms with Crippen molar-refractivity contribution in [3.05, 3.63) is 65.7 Å². The van der Waals surface area contributed by atoms with E-state index in [0.29, 0.717) is 23.0 Å². The minimum Gasteiger partial charge on any atom is -0.507 e. The quantitative estimate of drug-likeness (QED) is 0.401. The fraction of sp³-hybridized carbons (Fsp3) is 0.346.